The zero-order chi connectivity index (χ0) is 15.1. The fourth-order valence-electron chi connectivity index (χ4n) is 2.61. The highest BCUT2D eigenvalue weighted by Gasteiger charge is 2.23. The van der Waals surface area contributed by atoms with Gasteiger partial charge in [0.1, 0.15) is 0 Å². The number of anilines is 1. The average Bonchev–Trinajstić information content (AvgIpc) is 2.52. The molecule has 0 saturated carbocycles. The van der Waals surface area contributed by atoms with Gasteiger partial charge in [-0.3, -0.25) is 0 Å². The van der Waals surface area contributed by atoms with E-state index in [9.17, 15) is 0 Å². The third-order valence-corrected chi connectivity index (χ3v) is 4.47. The van der Waals surface area contributed by atoms with E-state index in [-0.39, 0.29) is 0 Å². The van der Waals surface area contributed by atoms with Crippen molar-refractivity contribution in [2.24, 2.45) is 0 Å². The third-order valence-electron chi connectivity index (χ3n) is 3.83. The highest BCUT2D eigenvalue weighted by atomic mass is 79.9. The standard InChI is InChI=1S/C16H25BrN2O2/c1-3-14-12-21-9-7-19(14)16-5-4-13(10-15(16)17)11-18-6-8-20-2/h4-5,10,14,18H,3,6-9,11-12H2,1-2H3. The monoisotopic (exact) mass is 356 g/mol. The van der Waals surface area contributed by atoms with Crippen LogP contribution in [-0.2, 0) is 16.0 Å². The SMILES string of the molecule is CCC1COCCN1c1ccc(CNCCOC)cc1Br. The van der Waals surface area contributed by atoms with Crippen LogP contribution in [0.3, 0.4) is 0 Å². The normalized spacial score (nSPS) is 19.0. The quantitative estimate of drug-likeness (QED) is 0.761. The molecule has 1 aliphatic rings. The number of nitrogens with zero attached hydrogens (tertiary/aromatic N) is 1. The van der Waals surface area contributed by atoms with Crippen molar-refractivity contribution in [2.75, 3.05) is 44.9 Å². The average molecular weight is 357 g/mol. The molecule has 0 aliphatic carbocycles. The lowest BCUT2D eigenvalue weighted by molar-refractivity contribution is 0.0929. The van der Waals surface area contributed by atoms with Crippen molar-refractivity contribution < 1.29 is 9.47 Å². The number of ether oxygens (including phenoxy) is 2. The molecule has 1 heterocycles. The van der Waals surface area contributed by atoms with Crippen LogP contribution in [0.25, 0.3) is 0 Å². The first-order valence-corrected chi connectivity index (χ1v) is 8.38. The van der Waals surface area contributed by atoms with Gasteiger partial charge in [0, 0.05) is 31.2 Å². The van der Waals surface area contributed by atoms with E-state index in [0.717, 1.165) is 50.3 Å². The van der Waals surface area contributed by atoms with Crippen molar-refractivity contribution in [3.05, 3.63) is 28.2 Å². The Hall–Kier alpha value is -0.620. The maximum absolute atomic E-state index is 5.59. The third kappa shape index (κ3) is 4.68. The maximum Gasteiger partial charge on any atom is 0.0670 e. The topological polar surface area (TPSA) is 33.7 Å². The van der Waals surface area contributed by atoms with Gasteiger partial charge < -0.3 is 19.7 Å². The first-order chi connectivity index (χ1) is 10.3. The summed E-state index contributed by atoms with van der Waals surface area (Å²) in [6.07, 6.45) is 1.10. The molecule has 4 nitrogen and oxygen atoms in total. The minimum Gasteiger partial charge on any atom is -0.383 e. The highest BCUT2D eigenvalue weighted by Crippen LogP contribution is 2.30. The first-order valence-electron chi connectivity index (χ1n) is 7.58. The number of hydrogen-bond acceptors (Lipinski definition) is 4. The van der Waals surface area contributed by atoms with E-state index >= 15 is 0 Å². The molecule has 5 heteroatoms. The van der Waals surface area contributed by atoms with Gasteiger partial charge in [0.25, 0.3) is 0 Å². The Balaban J connectivity index is 2.01. The Morgan fingerprint density at radius 1 is 1.48 bits per heavy atom. The molecular formula is C16H25BrN2O2. The molecule has 21 heavy (non-hydrogen) atoms. The molecule has 0 radical (unpaired) electrons. The fourth-order valence-corrected chi connectivity index (χ4v) is 3.26. The lowest BCUT2D eigenvalue weighted by Gasteiger charge is -2.37. The summed E-state index contributed by atoms with van der Waals surface area (Å²) in [4.78, 5) is 2.45. The molecule has 0 bridgehead atoms. The molecule has 1 fully saturated rings. The summed E-state index contributed by atoms with van der Waals surface area (Å²) in [5, 5.41) is 3.37. The van der Waals surface area contributed by atoms with Crippen molar-refractivity contribution in [3.63, 3.8) is 0 Å². The van der Waals surface area contributed by atoms with Crippen LogP contribution >= 0.6 is 15.9 Å². The summed E-state index contributed by atoms with van der Waals surface area (Å²) in [6, 6.07) is 7.09. The van der Waals surface area contributed by atoms with Gasteiger partial charge in [-0.1, -0.05) is 13.0 Å². The Bertz CT molecular complexity index is 442. The van der Waals surface area contributed by atoms with Crippen molar-refractivity contribution in [1.29, 1.82) is 0 Å². The molecule has 0 spiro atoms. The second-order valence-electron chi connectivity index (χ2n) is 5.29. The van der Waals surface area contributed by atoms with Crippen LogP contribution in [0.15, 0.2) is 22.7 Å². The zero-order valence-electron chi connectivity index (χ0n) is 12.9. The number of methoxy groups -OCH3 is 1. The van der Waals surface area contributed by atoms with E-state index in [2.05, 4.69) is 51.3 Å². The molecule has 0 amide bonds. The van der Waals surface area contributed by atoms with Crippen LogP contribution in [-0.4, -0.2) is 46.1 Å². The Morgan fingerprint density at radius 3 is 3.05 bits per heavy atom. The van der Waals surface area contributed by atoms with Crippen molar-refractivity contribution in [2.45, 2.75) is 25.9 Å². The smallest absolute Gasteiger partial charge is 0.0670 e. The minimum atomic E-state index is 0.473. The molecule has 118 valence electrons. The molecule has 1 aromatic carbocycles. The van der Waals surface area contributed by atoms with Crippen LogP contribution < -0.4 is 10.2 Å². The maximum atomic E-state index is 5.59. The minimum absolute atomic E-state index is 0.473. The Kier molecular flexibility index (Phi) is 6.96. The zero-order valence-corrected chi connectivity index (χ0v) is 14.5. The predicted octanol–water partition coefficient (Wildman–Crippen LogP) is 2.80. The summed E-state index contributed by atoms with van der Waals surface area (Å²) < 4.78 is 11.8. The van der Waals surface area contributed by atoms with Gasteiger partial charge in [-0.05, 0) is 40.0 Å². The lowest BCUT2D eigenvalue weighted by Crippen LogP contribution is -2.45. The van der Waals surface area contributed by atoms with E-state index < -0.39 is 0 Å². The first kappa shape index (κ1) is 16.7. The van der Waals surface area contributed by atoms with Crippen molar-refractivity contribution in [1.82, 2.24) is 5.32 Å². The van der Waals surface area contributed by atoms with Crippen LogP contribution in [0.2, 0.25) is 0 Å². The van der Waals surface area contributed by atoms with Gasteiger partial charge >= 0.3 is 0 Å². The Morgan fingerprint density at radius 2 is 2.33 bits per heavy atom. The van der Waals surface area contributed by atoms with Crippen LogP contribution in [0.1, 0.15) is 18.9 Å². The molecule has 0 aromatic heterocycles. The van der Waals surface area contributed by atoms with E-state index in [4.69, 9.17) is 9.47 Å². The number of nitrogens with one attached hydrogen (secondary N) is 1. The number of benzene rings is 1. The lowest BCUT2D eigenvalue weighted by atomic mass is 10.1. The number of halogens is 1. The van der Waals surface area contributed by atoms with Gasteiger partial charge in [0.2, 0.25) is 0 Å². The van der Waals surface area contributed by atoms with Gasteiger partial charge in [-0.15, -0.1) is 0 Å². The molecular weight excluding hydrogens is 332 g/mol. The van der Waals surface area contributed by atoms with E-state index in [0.29, 0.717) is 6.04 Å². The van der Waals surface area contributed by atoms with Gasteiger partial charge in [0.05, 0.1) is 31.5 Å². The second kappa shape index (κ2) is 8.73. The number of rotatable bonds is 7. The summed E-state index contributed by atoms with van der Waals surface area (Å²) in [5.74, 6) is 0. The molecule has 2 rings (SSSR count). The number of hydrogen-bond donors (Lipinski definition) is 1. The van der Waals surface area contributed by atoms with Gasteiger partial charge in [0.15, 0.2) is 0 Å². The van der Waals surface area contributed by atoms with E-state index in [1.807, 2.05) is 0 Å². The Labute approximate surface area is 135 Å². The molecule has 1 unspecified atom stereocenters. The van der Waals surface area contributed by atoms with Crippen LogP contribution in [0.5, 0.6) is 0 Å². The molecule has 1 atom stereocenters. The molecule has 1 aromatic rings. The fraction of sp³-hybridized carbons (Fsp3) is 0.625. The highest BCUT2D eigenvalue weighted by molar-refractivity contribution is 9.10. The summed E-state index contributed by atoms with van der Waals surface area (Å²) in [7, 11) is 1.72. The van der Waals surface area contributed by atoms with Crippen molar-refractivity contribution in [3.8, 4) is 0 Å². The summed E-state index contributed by atoms with van der Waals surface area (Å²) in [5.41, 5.74) is 2.55. The molecule has 1 saturated heterocycles. The molecule has 1 N–H and O–H groups in total. The summed E-state index contributed by atoms with van der Waals surface area (Å²) >= 11 is 3.73. The van der Waals surface area contributed by atoms with Crippen LogP contribution in [0, 0.1) is 0 Å². The van der Waals surface area contributed by atoms with Gasteiger partial charge in [-0.2, -0.15) is 0 Å². The van der Waals surface area contributed by atoms with Gasteiger partial charge in [-0.25, -0.2) is 0 Å². The molecule has 1 aliphatic heterocycles. The van der Waals surface area contributed by atoms with Crippen LogP contribution in [0.4, 0.5) is 5.69 Å². The summed E-state index contributed by atoms with van der Waals surface area (Å²) in [6.45, 7) is 7.29. The van der Waals surface area contributed by atoms with Crippen molar-refractivity contribution >= 4 is 21.6 Å². The van der Waals surface area contributed by atoms with E-state index in [1.165, 1.54) is 11.3 Å². The predicted molar refractivity (Wildman–Crippen MR) is 90.0 cm³/mol. The van der Waals surface area contributed by atoms with E-state index in [1.54, 1.807) is 7.11 Å². The number of morpholine rings is 1. The second-order valence-corrected chi connectivity index (χ2v) is 6.14. The largest absolute Gasteiger partial charge is 0.383 e.